The van der Waals surface area contributed by atoms with Crippen LogP contribution >= 0.6 is 0 Å². The predicted molar refractivity (Wildman–Crippen MR) is 95.9 cm³/mol. The zero-order chi connectivity index (χ0) is 17.2. The number of likely N-dealkylation sites (N-methyl/N-ethyl adjacent to an activating group) is 1. The fourth-order valence-corrected chi connectivity index (χ4v) is 3.39. The predicted octanol–water partition coefficient (Wildman–Crippen LogP) is 0.346. The van der Waals surface area contributed by atoms with E-state index in [4.69, 9.17) is 0 Å². The lowest BCUT2D eigenvalue weighted by molar-refractivity contribution is -0.131. The van der Waals surface area contributed by atoms with Gasteiger partial charge in [0.2, 0.25) is 11.9 Å². The van der Waals surface area contributed by atoms with Crippen LogP contribution in [0.4, 0.5) is 11.8 Å². The zero-order valence-electron chi connectivity index (χ0n) is 14.5. The average Bonchev–Trinajstić information content (AvgIpc) is 3.21. The molecule has 134 valence electrons. The van der Waals surface area contributed by atoms with Crippen molar-refractivity contribution in [3.63, 3.8) is 0 Å². The molecule has 2 aliphatic heterocycles. The number of carbonyl (C=O) groups is 1. The molecule has 1 aliphatic carbocycles. The summed E-state index contributed by atoms with van der Waals surface area (Å²) in [6.07, 6.45) is 4.81. The van der Waals surface area contributed by atoms with Crippen molar-refractivity contribution < 1.29 is 4.79 Å². The van der Waals surface area contributed by atoms with Crippen LogP contribution in [0.15, 0.2) is 23.7 Å². The van der Waals surface area contributed by atoms with Crippen molar-refractivity contribution in [3.05, 3.63) is 23.7 Å². The van der Waals surface area contributed by atoms with Crippen LogP contribution in [0.2, 0.25) is 0 Å². The van der Waals surface area contributed by atoms with Crippen LogP contribution in [0.25, 0.3) is 0 Å². The van der Waals surface area contributed by atoms with Gasteiger partial charge in [-0.3, -0.25) is 4.79 Å². The van der Waals surface area contributed by atoms with Crippen LogP contribution in [0.5, 0.6) is 0 Å². The van der Waals surface area contributed by atoms with E-state index in [1.165, 1.54) is 0 Å². The van der Waals surface area contributed by atoms with E-state index in [1.54, 1.807) is 6.20 Å². The maximum absolute atomic E-state index is 12.2. The van der Waals surface area contributed by atoms with E-state index in [2.05, 4.69) is 31.2 Å². The molecule has 1 atom stereocenters. The molecule has 0 bridgehead atoms. The Bertz CT molecular complexity index is 685. The lowest BCUT2D eigenvalue weighted by Crippen LogP contribution is -2.32. The van der Waals surface area contributed by atoms with E-state index < -0.39 is 0 Å². The molecule has 1 aromatic rings. The van der Waals surface area contributed by atoms with Crippen LogP contribution in [0.3, 0.4) is 0 Å². The smallest absolute Gasteiger partial charge is 0.225 e. The highest BCUT2D eigenvalue weighted by Crippen LogP contribution is 2.32. The SMILES string of the molecule is CNC1=C(Nc2ccnc(N[C@H]3CCN(C(=O)C4CC4)C3)n2)CNC1. The van der Waals surface area contributed by atoms with Gasteiger partial charge in [0.1, 0.15) is 5.82 Å². The van der Waals surface area contributed by atoms with Crippen molar-refractivity contribution in [2.75, 3.05) is 43.9 Å². The van der Waals surface area contributed by atoms with Crippen LogP contribution in [0.1, 0.15) is 19.3 Å². The first-order valence-corrected chi connectivity index (χ1v) is 8.99. The van der Waals surface area contributed by atoms with Gasteiger partial charge in [0.15, 0.2) is 0 Å². The number of carbonyl (C=O) groups excluding carboxylic acids is 1. The van der Waals surface area contributed by atoms with E-state index in [9.17, 15) is 4.79 Å². The lowest BCUT2D eigenvalue weighted by Gasteiger charge is -2.17. The van der Waals surface area contributed by atoms with Crippen molar-refractivity contribution >= 4 is 17.7 Å². The molecule has 8 nitrogen and oxygen atoms in total. The first kappa shape index (κ1) is 16.1. The topological polar surface area (TPSA) is 94.2 Å². The molecule has 1 aromatic heterocycles. The molecule has 0 unspecified atom stereocenters. The van der Waals surface area contributed by atoms with Crippen LogP contribution < -0.4 is 21.3 Å². The molecule has 3 heterocycles. The third-order valence-corrected chi connectivity index (χ3v) is 4.96. The lowest BCUT2D eigenvalue weighted by atomic mass is 10.3. The fraction of sp³-hybridized carbons (Fsp3) is 0.588. The maximum atomic E-state index is 12.2. The molecule has 1 saturated carbocycles. The quantitative estimate of drug-likeness (QED) is 0.592. The number of hydrogen-bond acceptors (Lipinski definition) is 7. The van der Waals surface area contributed by atoms with Gasteiger partial charge in [-0.05, 0) is 25.3 Å². The Hall–Kier alpha value is -2.35. The molecular formula is C17H25N7O. The van der Waals surface area contributed by atoms with E-state index in [0.29, 0.717) is 11.9 Å². The fourth-order valence-electron chi connectivity index (χ4n) is 3.39. The standard InChI is InChI=1S/C17H25N7O/c1-18-13-8-19-9-14(13)22-15-4-6-20-17(23-15)21-12-5-7-24(10-12)16(25)11-2-3-11/h4,6,11-12,18-19H,2-3,5,7-10H2,1H3,(H2,20,21,22,23)/t12-/m0/s1. The first-order valence-electron chi connectivity index (χ1n) is 8.99. The van der Waals surface area contributed by atoms with E-state index >= 15 is 0 Å². The second-order valence-corrected chi connectivity index (χ2v) is 6.89. The van der Waals surface area contributed by atoms with E-state index in [1.807, 2.05) is 18.0 Å². The monoisotopic (exact) mass is 343 g/mol. The third kappa shape index (κ3) is 3.68. The van der Waals surface area contributed by atoms with Crippen molar-refractivity contribution in [3.8, 4) is 0 Å². The summed E-state index contributed by atoms with van der Waals surface area (Å²) in [5, 5.41) is 13.2. The van der Waals surface area contributed by atoms with Crippen molar-refractivity contribution in [1.82, 2.24) is 25.5 Å². The van der Waals surface area contributed by atoms with Crippen LogP contribution in [-0.2, 0) is 4.79 Å². The molecule has 1 saturated heterocycles. The van der Waals surface area contributed by atoms with Crippen molar-refractivity contribution in [1.29, 1.82) is 0 Å². The molecule has 25 heavy (non-hydrogen) atoms. The summed E-state index contributed by atoms with van der Waals surface area (Å²) >= 11 is 0. The Kier molecular flexibility index (Phi) is 4.44. The van der Waals surface area contributed by atoms with Gasteiger partial charge in [0.25, 0.3) is 0 Å². The van der Waals surface area contributed by atoms with Gasteiger partial charge in [0.05, 0.1) is 5.70 Å². The normalized spacial score (nSPS) is 23.1. The highest BCUT2D eigenvalue weighted by molar-refractivity contribution is 5.81. The summed E-state index contributed by atoms with van der Waals surface area (Å²) < 4.78 is 0. The van der Waals surface area contributed by atoms with Crippen LogP contribution in [-0.4, -0.2) is 60.0 Å². The molecular weight excluding hydrogens is 318 g/mol. The summed E-state index contributed by atoms with van der Waals surface area (Å²) in [4.78, 5) is 23.0. The second kappa shape index (κ2) is 6.87. The van der Waals surface area contributed by atoms with Gasteiger partial charge < -0.3 is 26.2 Å². The van der Waals surface area contributed by atoms with Crippen molar-refractivity contribution in [2.45, 2.75) is 25.3 Å². The molecule has 1 amide bonds. The van der Waals surface area contributed by atoms with Gasteiger partial charge >= 0.3 is 0 Å². The molecule has 0 spiro atoms. The molecule has 8 heteroatoms. The molecule has 0 aromatic carbocycles. The molecule has 4 rings (SSSR count). The Labute approximate surface area is 147 Å². The summed E-state index contributed by atoms with van der Waals surface area (Å²) in [5.41, 5.74) is 2.26. The minimum absolute atomic E-state index is 0.221. The number of amides is 1. The summed E-state index contributed by atoms with van der Waals surface area (Å²) in [5.74, 6) is 1.99. The minimum atomic E-state index is 0.221. The summed E-state index contributed by atoms with van der Waals surface area (Å²) in [7, 11) is 1.92. The Morgan fingerprint density at radius 3 is 2.92 bits per heavy atom. The number of nitrogens with one attached hydrogen (secondary N) is 4. The minimum Gasteiger partial charge on any atom is -0.389 e. The van der Waals surface area contributed by atoms with Gasteiger partial charge in [-0.15, -0.1) is 0 Å². The number of rotatable bonds is 6. The number of anilines is 2. The highest BCUT2D eigenvalue weighted by Gasteiger charge is 2.36. The largest absolute Gasteiger partial charge is 0.389 e. The van der Waals surface area contributed by atoms with Gasteiger partial charge in [-0.25, -0.2) is 4.98 Å². The number of hydrogen-bond donors (Lipinski definition) is 4. The molecule has 0 radical (unpaired) electrons. The number of aromatic nitrogens is 2. The van der Waals surface area contributed by atoms with Crippen molar-refractivity contribution in [2.24, 2.45) is 5.92 Å². The highest BCUT2D eigenvalue weighted by atomic mass is 16.2. The molecule has 2 fully saturated rings. The number of likely N-dealkylation sites (tertiary alicyclic amines) is 1. The average molecular weight is 343 g/mol. The molecule has 4 N–H and O–H groups in total. The third-order valence-electron chi connectivity index (χ3n) is 4.96. The zero-order valence-corrected chi connectivity index (χ0v) is 14.5. The second-order valence-electron chi connectivity index (χ2n) is 6.89. The first-order chi connectivity index (χ1) is 12.2. The Morgan fingerprint density at radius 2 is 2.12 bits per heavy atom. The van der Waals surface area contributed by atoms with Gasteiger partial charge in [-0.2, -0.15) is 4.98 Å². The summed E-state index contributed by atoms with van der Waals surface area (Å²) in [6, 6.07) is 2.08. The van der Waals surface area contributed by atoms with Gasteiger partial charge in [-0.1, -0.05) is 0 Å². The van der Waals surface area contributed by atoms with Gasteiger partial charge in [0, 0.05) is 57.1 Å². The van der Waals surface area contributed by atoms with Crippen LogP contribution in [0, 0.1) is 5.92 Å². The molecule has 3 aliphatic rings. The summed E-state index contributed by atoms with van der Waals surface area (Å²) in [6.45, 7) is 3.20. The van der Waals surface area contributed by atoms with E-state index in [-0.39, 0.29) is 12.0 Å². The maximum Gasteiger partial charge on any atom is 0.225 e. The Morgan fingerprint density at radius 1 is 1.28 bits per heavy atom. The van der Waals surface area contributed by atoms with E-state index in [0.717, 1.165) is 62.7 Å². The number of nitrogens with zero attached hydrogens (tertiary/aromatic N) is 3. The Balaban J connectivity index is 1.36.